The highest BCUT2D eigenvalue weighted by Gasteiger charge is 2.16. The van der Waals surface area contributed by atoms with Crippen LogP contribution in [0.15, 0.2) is 18.2 Å². The molecule has 1 amide bonds. The number of nitrogens with zero attached hydrogens (tertiary/aromatic N) is 2. The van der Waals surface area contributed by atoms with Gasteiger partial charge < -0.3 is 10.6 Å². The van der Waals surface area contributed by atoms with E-state index < -0.39 is 4.92 Å². The van der Waals surface area contributed by atoms with Gasteiger partial charge in [-0.3, -0.25) is 19.8 Å². The lowest BCUT2D eigenvalue weighted by Gasteiger charge is -2.18. The van der Waals surface area contributed by atoms with Crippen LogP contribution < -0.4 is 10.6 Å². The number of nitro groups is 1. The maximum atomic E-state index is 12.0. The number of anilines is 1. The lowest BCUT2D eigenvalue weighted by atomic mass is 10.2. The van der Waals surface area contributed by atoms with E-state index in [0.717, 1.165) is 32.6 Å². The van der Waals surface area contributed by atoms with Gasteiger partial charge in [-0.2, -0.15) is 0 Å². The topological polar surface area (TPSA) is 87.5 Å². The van der Waals surface area contributed by atoms with Crippen LogP contribution in [0.5, 0.6) is 0 Å². The molecule has 0 aliphatic carbocycles. The molecule has 1 heterocycles. The number of rotatable bonds is 4. The van der Waals surface area contributed by atoms with Gasteiger partial charge in [0.1, 0.15) is 5.02 Å². The van der Waals surface area contributed by atoms with Crippen LogP contribution in [0.2, 0.25) is 5.02 Å². The van der Waals surface area contributed by atoms with Crippen molar-refractivity contribution in [3.8, 4) is 0 Å². The summed E-state index contributed by atoms with van der Waals surface area (Å²) in [6.45, 7) is 3.77. The third-order valence-corrected chi connectivity index (χ3v) is 3.55. The van der Waals surface area contributed by atoms with Crippen molar-refractivity contribution in [1.82, 2.24) is 10.2 Å². The van der Waals surface area contributed by atoms with Crippen molar-refractivity contribution in [2.45, 2.75) is 6.42 Å². The van der Waals surface area contributed by atoms with Gasteiger partial charge in [0.15, 0.2) is 0 Å². The molecule has 1 fully saturated rings. The summed E-state index contributed by atoms with van der Waals surface area (Å²) >= 11 is 5.73. The quantitative estimate of drug-likeness (QED) is 0.640. The van der Waals surface area contributed by atoms with Gasteiger partial charge in [-0.1, -0.05) is 11.6 Å². The average molecular weight is 349 g/mol. The number of halogens is 2. The van der Waals surface area contributed by atoms with Crippen LogP contribution >= 0.6 is 24.0 Å². The highest BCUT2D eigenvalue weighted by Crippen LogP contribution is 2.27. The van der Waals surface area contributed by atoms with Gasteiger partial charge in [-0.15, -0.1) is 12.4 Å². The summed E-state index contributed by atoms with van der Waals surface area (Å²) in [7, 11) is 0. The summed E-state index contributed by atoms with van der Waals surface area (Å²) in [5.41, 5.74) is 0.164. The molecule has 1 aromatic rings. The monoisotopic (exact) mass is 348 g/mol. The Hall–Kier alpha value is -1.41. The SMILES string of the molecule is Cl.O=C(CN1CCCNCC1)Nc1ccc(Cl)c([N+](=O)[O-])c1. The lowest BCUT2D eigenvalue weighted by Crippen LogP contribution is -2.35. The Bertz CT molecular complexity index is 534. The number of hydrogen-bond donors (Lipinski definition) is 2. The normalized spacial score (nSPS) is 15.5. The molecular weight excluding hydrogens is 331 g/mol. The molecule has 122 valence electrons. The van der Waals surface area contributed by atoms with Crippen LogP contribution in [-0.2, 0) is 4.79 Å². The number of amides is 1. The molecule has 0 saturated carbocycles. The van der Waals surface area contributed by atoms with Gasteiger partial charge in [-0.25, -0.2) is 0 Å². The Morgan fingerprint density at radius 2 is 2.18 bits per heavy atom. The van der Waals surface area contributed by atoms with Gasteiger partial charge in [0, 0.05) is 24.8 Å². The van der Waals surface area contributed by atoms with Crippen LogP contribution in [0, 0.1) is 10.1 Å². The number of carbonyl (C=O) groups excluding carboxylic acids is 1. The minimum atomic E-state index is -0.571. The summed E-state index contributed by atoms with van der Waals surface area (Å²) in [6, 6.07) is 4.23. The fourth-order valence-electron chi connectivity index (χ4n) is 2.19. The zero-order chi connectivity index (χ0) is 15.2. The second-order valence-electron chi connectivity index (χ2n) is 4.85. The molecule has 7 nitrogen and oxygen atoms in total. The van der Waals surface area contributed by atoms with Crippen LogP contribution in [0.4, 0.5) is 11.4 Å². The molecule has 0 bridgehead atoms. The van der Waals surface area contributed by atoms with E-state index in [1.807, 2.05) is 0 Å². The Kier molecular flexibility index (Phi) is 7.53. The zero-order valence-electron chi connectivity index (χ0n) is 11.9. The second-order valence-corrected chi connectivity index (χ2v) is 5.26. The third-order valence-electron chi connectivity index (χ3n) is 3.23. The molecule has 1 aliphatic rings. The van der Waals surface area contributed by atoms with E-state index in [9.17, 15) is 14.9 Å². The molecule has 22 heavy (non-hydrogen) atoms. The van der Waals surface area contributed by atoms with Crippen molar-refractivity contribution < 1.29 is 9.72 Å². The van der Waals surface area contributed by atoms with Crippen LogP contribution in [0.1, 0.15) is 6.42 Å². The van der Waals surface area contributed by atoms with Gasteiger partial charge in [0.25, 0.3) is 5.69 Å². The summed E-state index contributed by atoms with van der Waals surface area (Å²) in [5.74, 6) is -0.187. The number of benzene rings is 1. The molecule has 0 radical (unpaired) electrons. The van der Waals surface area contributed by atoms with Gasteiger partial charge in [0.05, 0.1) is 11.5 Å². The maximum absolute atomic E-state index is 12.0. The summed E-state index contributed by atoms with van der Waals surface area (Å²) in [6.07, 6.45) is 1.000. The Balaban J connectivity index is 0.00000242. The van der Waals surface area contributed by atoms with Crippen LogP contribution in [0.25, 0.3) is 0 Å². The third kappa shape index (κ3) is 5.42. The molecule has 2 rings (SSSR count). The number of hydrogen-bond acceptors (Lipinski definition) is 5. The van der Waals surface area contributed by atoms with Gasteiger partial charge in [-0.05, 0) is 31.6 Å². The minimum absolute atomic E-state index is 0. The Labute approximate surface area is 139 Å². The predicted molar refractivity (Wildman–Crippen MR) is 87.9 cm³/mol. The van der Waals surface area contributed by atoms with Crippen molar-refractivity contribution in [3.05, 3.63) is 33.3 Å². The largest absolute Gasteiger partial charge is 0.325 e. The highest BCUT2D eigenvalue weighted by atomic mass is 35.5. The molecule has 0 spiro atoms. The summed E-state index contributed by atoms with van der Waals surface area (Å²) in [5, 5.41) is 16.8. The first-order valence-electron chi connectivity index (χ1n) is 6.73. The van der Waals surface area contributed by atoms with Gasteiger partial charge in [0.2, 0.25) is 5.91 Å². The summed E-state index contributed by atoms with van der Waals surface area (Å²) in [4.78, 5) is 24.3. The van der Waals surface area contributed by atoms with Crippen LogP contribution in [0.3, 0.4) is 0 Å². The molecular formula is C13H18Cl2N4O3. The summed E-state index contributed by atoms with van der Waals surface area (Å²) < 4.78 is 0. The standard InChI is InChI=1S/C13H17ClN4O3.ClH/c14-11-3-2-10(8-12(11)18(20)21)16-13(19)9-17-6-1-4-15-5-7-17;/h2-3,8,15H,1,4-7,9H2,(H,16,19);1H. The van der Waals surface area contributed by atoms with E-state index in [-0.39, 0.29) is 35.6 Å². The van der Waals surface area contributed by atoms with Crippen molar-refractivity contribution in [2.24, 2.45) is 0 Å². The number of nitrogens with one attached hydrogen (secondary N) is 2. The average Bonchev–Trinajstić information content (AvgIpc) is 2.69. The van der Waals surface area contributed by atoms with E-state index in [1.54, 1.807) is 6.07 Å². The molecule has 0 unspecified atom stereocenters. The van der Waals surface area contributed by atoms with Gasteiger partial charge >= 0.3 is 0 Å². The van der Waals surface area contributed by atoms with E-state index in [2.05, 4.69) is 15.5 Å². The molecule has 9 heteroatoms. The highest BCUT2D eigenvalue weighted by molar-refractivity contribution is 6.32. The fraction of sp³-hybridized carbons (Fsp3) is 0.462. The minimum Gasteiger partial charge on any atom is -0.325 e. The van der Waals surface area contributed by atoms with Crippen LogP contribution in [-0.4, -0.2) is 48.5 Å². The van der Waals surface area contributed by atoms with Crippen molar-refractivity contribution in [1.29, 1.82) is 0 Å². The molecule has 0 aromatic heterocycles. The second kappa shape index (κ2) is 8.89. The van der Waals surface area contributed by atoms with E-state index in [4.69, 9.17) is 11.6 Å². The maximum Gasteiger partial charge on any atom is 0.289 e. The smallest absolute Gasteiger partial charge is 0.289 e. The van der Waals surface area contributed by atoms with Crippen molar-refractivity contribution in [2.75, 3.05) is 38.0 Å². The molecule has 0 atom stereocenters. The molecule has 2 N–H and O–H groups in total. The first-order chi connectivity index (χ1) is 10.1. The molecule has 1 saturated heterocycles. The number of carbonyl (C=O) groups is 1. The number of nitro benzene ring substituents is 1. The van der Waals surface area contributed by atoms with Crippen molar-refractivity contribution >= 4 is 41.3 Å². The predicted octanol–water partition coefficient (Wildman–Crippen LogP) is 1.90. The van der Waals surface area contributed by atoms with E-state index in [0.29, 0.717) is 5.69 Å². The molecule has 1 aliphatic heterocycles. The first-order valence-corrected chi connectivity index (χ1v) is 7.11. The first kappa shape index (κ1) is 18.6. The Morgan fingerprint density at radius 1 is 1.41 bits per heavy atom. The molecule has 1 aromatic carbocycles. The zero-order valence-corrected chi connectivity index (χ0v) is 13.5. The Morgan fingerprint density at radius 3 is 2.91 bits per heavy atom. The van der Waals surface area contributed by atoms with E-state index >= 15 is 0 Å². The van der Waals surface area contributed by atoms with E-state index in [1.165, 1.54) is 12.1 Å². The lowest BCUT2D eigenvalue weighted by molar-refractivity contribution is -0.384. The van der Waals surface area contributed by atoms with Crippen molar-refractivity contribution in [3.63, 3.8) is 0 Å². The fourth-order valence-corrected chi connectivity index (χ4v) is 2.38.